The van der Waals surface area contributed by atoms with E-state index in [4.69, 9.17) is 9.84 Å². The van der Waals surface area contributed by atoms with E-state index in [9.17, 15) is 0 Å². The van der Waals surface area contributed by atoms with Crippen LogP contribution in [0.25, 0.3) is 0 Å². The lowest BCUT2D eigenvalue weighted by Gasteiger charge is -2.36. The normalized spacial score (nSPS) is 16.6. The number of aliphatic hydroxyl groups is 1. The second kappa shape index (κ2) is 12.3. The highest BCUT2D eigenvalue weighted by Crippen LogP contribution is 2.30. The van der Waals surface area contributed by atoms with Crippen LogP contribution in [0.1, 0.15) is 87.0 Å². The lowest BCUT2D eigenvalue weighted by Crippen LogP contribution is -2.43. The summed E-state index contributed by atoms with van der Waals surface area (Å²) in [6.07, 6.45) is 6.96. The monoisotopic (exact) mass is 329 g/mol. The zero-order chi connectivity index (χ0) is 17.9. The molecule has 0 radical (unpaired) electrons. The molecular weight excluding hydrogens is 286 g/mol. The molecule has 23 heavy (non-hydrogen) atoms. The van der Waals surface area contributed by atoms with E-state index in [1.165, 1.54) is 12.8 Å². The second-order valence-corrected chi connectivity index (χ2v) is 8.18. The number of hydrogen-bond donors (Lipinski definition) is 2. The Morgan fingerprint density at radius 3 is 2.22 bits per heavy atom. The van der Waals surface area contributed by atoms with Crippen molar-refractivity contribution in [3.05, 3.63) is 0 Å². The van der Waals surface area contributed by atoms with Gasteiger partial charge in [0.1, 0.15) is 6.79 Å². The van der Waals surface area contributed by atoms with E-state index in [0.717, 1.165) is 38.1 Å². The van der Waals surface area contributed by atoms with Crippen LogP contribution < -0.4 is 5.32 Å². The molecule has 2 N–H and O–H groups in total. The fourth-order valence-corrected chi connectivity index (χ4v) is 3.24. The maximum absolute atomic E-state index is 8.98. The SMILES string of the molecule is CCCC(CCCC(C)(C)C(CC)NCC(C)C(C)C)OCO. The Balaban J connectivity index is 4.33. The lowest BCUT2D eigenvalue weighted by atomic mass is 9.78. The summed E-state index contributed by atoms with van der Waals surface area (Å²) in [7, 11) is 0. The predicted octanol–water partition coefficient (Wildman–Crippen LogP) is 4.98. The van der Waals surface area contributed by atoms with Gasteiger partial charge in [-0.15, -0.1) is 0 Å². The van der Waals surface area contributed by atoms with Crippen LogP contribution in [0.5, 0.6) is 0 Å². The van der Waals surface area contributed by atoms with Gasteiger partial charge in [0.2, 0.25) is 0 Å². The molecule has 140 valence electrons. The van der Waals surface area contributed by atoms with E-state index >= 15 is 0 Å². The molecule has 3 unspecified atom stereocenters. The first-order chi connectivity index (χ1) is 10.8. The quantitative estimate of drug-likeness (QED) is 0.442. The third-order valence-corrected chi connectivity index (χ3v) is 5.44. The lowest BCUT2D eigenvalue weighted by molar-refractivity contribution is -0.0574. The predicted molar refractivity (Wildman–Crippen MR) is 101 cm³/mol. The standard InChI is InChI=1S/C20H43NO2/c1-8-11-18(23-15-22)12-10-13-20(6,7)19(9-2)21-14-17(5)16(3)4/h16-19,21-22H,8-15H2,1-7H3. The van der Waals surface area contributed by atoms with Gasteiger partial charge in [-0.1, -0.05) is 61.3 Å². The van der Waals surface area contributed by atoms with E-state index in [-0.39, 0.29) is 12.9 Å². The molecule has 0 aromatic heterocycles. The molecule has 0 aliphatic rings. The largest absolute Gasteiger partial charge is 0.371 e. The van der Waals surface area contributed by atoms with Crippen molar-refractivity contribution in [1.29, 1.82) is 0 Å². The molecule has 0 amide bonds. The first-order valence-corrected chi connectivity index (χ1v) is 9.74. The molecule has 0 spiro atoms. The fraction of sp³-hybridized carbons (Fsp3) is 1.00. The van der Waals surface area contributed by atoms with Gasteiger partial charge >= 0.3 is 0 Å². The molecule has 3 nitrogen and oxygen atoms in total. The third-order valence-electron chi connectivity index (χ3n) is 5.44. The van der Waals surface area contributed by atoms with Crippen LogP contribution in [-0.2, 0) is 4.74 Å². The van der Waals surface area contributed by atoms with Gasteiger partial charge in [0.15, 0.2) is 0 Å². The summed E-state index contributed by atoms with van der Waals surface area (Å²) in [5.41, 5.74) is 0.293. The molecule has 0 aromatic rings. The highest BCUT2D eigenvalue weighted by Gasteiger charge is 2.28. The summed E-state index contributed by atoms with van der Waals surface area (Å²) >= 11 is 0. The van der Waals surface area contributed by atoms with E-state index in [1.807, 2.05) is 0 Å². The van der Waals surface area contributed by atoms with Crippen molar-refractivity contribution in [3.63, 3.8) is 0 Å². The minimum atomic E-state index is -0.152. The third kappa shape index (κ3) is 9.69. The Kier molecular flexibility index (Phi) is 12.2. The van der Waals surface area contributed by atoms with Crippen LogP contribution >= 0.6 is 0 Å². The minimum Gasteiger partial charge on any atom is -0.371 e. The molecule has 0 bridgehead atoms. The van der Waals surface area contributed by atoms with Crippen molar-refractivity contribution in [2.24, 2.45) is 17.3 Å². The first kappa shape index (κ1) is 22.9. The molecule has 0 saturated carbocycles. The van der Waals surface area contributed by atoms with Gasteiger partial charge in [0.25, 0.3) is 0 Å². The Morgan fingerprint density at radius 2 is 1.74 bits per heavy atom. The Hall–Kier alpha value is -0.120. The van der Waals surface area contributed by atoms with Crippen LogP contribution in [0.15, 0.2) is 0 Å². The maximum atomic E-state index is 8.98. The smallest absolute Gasteiger partial charge is 0.143 e. The number of hydrogen-bond acceptors (Lipinski definition) is 3. The van der Waals surface area contributed by atoms with E-state index in [1.54, 1.807) is 0 Å². The number of nitrogens with one attached hydrogen (secondary N) is 1. The van der Waals surface area contributed by atoms with Crippen molar-refractivity contribution in [2.45, 2.75) is 99.1 Å². The van der Waals surface area contributed by atoms with Crippen molar-refractivity contribution in [1.82, 2.24) is 5.32 Å². The van der Waals surface area contributed by atoms with Crippen molar-refractivity contribution < 1.29 is 9.84 Å². The highest BCUT2D eigenvalue weighted by molar-refractivity contribution is 4.84. The summed E-state index contributed by atoms with van der Waals surface area (Å²) in [6.45, 7) is 17.1. The van der Waals surface area contributed by atoms with E-state index in [2.05, 4.69) is 53.8 Å². The highest BCUT2D eigenvalue weighted by atomic mass is 16.6. The second-order valence-electron chi connectivity index (χ2n) is 8.18. The van der Waals surface area contributed by atoms with E-state index in [0.29, 0.717) is 17.4 Å². The van der Waals surface area contributed by atoms with Crippen molar-refractivity contribution in [3.8, 4) is 0 Å². The Labute approximate surface area is 145 Å². The molecule has 0 saturated heterocycles. The van der Waals surface area contributed by atoms with Gasteiger partial charge in [0, 0.05) is 6.04 Å². The summed E-state index contributed by atoms with van der Waals surface area (Å²) in [5, 5.41) is 12.8. The van der Waals surface area contributed by atoms with Gasteiger partial charge in [-0.2, -0.15) is 0 Å². The van der Waals surface area contributed by atoms with Crippen molar-refractivity contribution >= 4 is 0 Å². The first-order valence-electron chi connectivity index (χ1n) is 9.74. The Bertz CT molecular complexity index is 273. The molecule has 0 heterocycles. The minimum absolute atomic E-state index is 0.152. The van der Waals surface area contributed by atoms with Crippen LogP contribution in [0.4, 0.5) is 0 Å². The Morgan fingerprint density at radius 1 is 1.09 bits per heavy atom. The number of rotatable bonds is 14. The number of ether oxygens (including phenoxy) is 1. The average Bonchev–Trinajstić information content (AvgIpc) is 2.47. The van der Waals surface area contributed by atoms with Crippen LogP contribution in [-0.4, -0.2) is 30.6 Å². The number of aliphatic hydroxyl groups excluding tert-OH is 1. The molecule has 0 aliphatic heterocycles. The fourth-order valence-electron chi connectivity index (χ4n) is 3.24. The molecule has 0 rings (SSSR count). The van der Waals surface area contributed by atoms with Gasteiger partial charge in [0.05, 0.1) is 6.10 Å². The molecular formula is C20H43NO2. The van der Waals surface area contributed by atoms with Crippen LogP contribution in [0.3, 0.4) is 0 Å². The summed E-state index contributed by atoms with van der Waals surface area (Å²) in [5.74, 6) is 1.44. The zero-order valence-electron chi connectivity index (χ0n) is 16.8. The molecule has 3 atom stereocenters. The summed E-state index contributed by atoms with van der Waals surface area (Å²) in [4.78, 5) is 0. The van der Waals surface area contributed by atoms with Crippen LogP contribution in [0, 0.1) is 17.3 Å². The van der Waals surface area contributed by atoms with Gasteiger partial charge in [-0.3, -0.25) is 0 Å². The van der Waals surface area contributed by atoms with Crippen LogP contribution in [0.2, 0.25) is 0 Å². The molecule has 3 heteroatoms. The zero-order valence-corrected chi connectivity index (χ0v) is 16.8. The molecule has 0 aromatic carbocycles. The topological polar surface area (TPSA) is 41.5 Å². The van der Waals surface area contributed by atoms with Gasteiger partial charge in [-0.05, 0) is 49.5 Å². The summed E-state index contributed by atoms with van der Waals surface area (Å²) < 4.78 is 5.43. The van der Waals surface area contributed by atoms with Crippen molar-refractivity contribution in [2.75, 3.05) is 13.3 Å². The summed E-state index contributed by atoms with van der Waals surface area (Å²) in [6, 6.07) is 0.562. The molecule has 0 aliphatic carbocycles. The van der Waals surface area contributed by atoms with Gasteiger partial charge < -0.3 is 15.2 Å². The van der Waals surface area contributed by atoms with E-state index < -0.39 is 0 Å². The average molecular weight is 330 g/mol. The van der Waals surface area contributed by atoms with Gasteiger partial charge in [-0.25, -0.2) is 0 Å². The maximum Gasteiger partial charge on any atom is 0.143 e. The molecule has 0 fully saturated rings.